The van der Waals surface area contributed by atoms with E-state index in [4.69, 9.17) is 10.5 Å². The summed E-state index contributed by atoms with van der Waals surface area (Å²) in [6.07, 6.45) is 0. The van der Waals surface area contributed by atoms with Gasteiger partial charge in [-0.05, 0) is 12.5 Å². The molecule has 0 spiro atoms. The number of methoxy groups -OCH3 is 1. The molecule has 1 rings (SSSR count). The first-order valence-corrected chi connectivity index (χ1v) is 5.79. The molecule has 1 unspecified atom stereocenters. The molecule has 17 heavy (non-hydrogen) atoms. The molecule has 1 aromatic rings. The highest BCUT2D eigenvalue weighted by atomic mass is 16.5. The lowest BCUT2D eigenvalue weighted by atomic mass is 10.1. The van der Waals surface area contributed by atoms with Crippen molar-refractivity contribution in [2.45, 2.75) is 13.0 Å². The third-order valence-corrected chi connectivity index (χ3v) is 2.68. The van der Waals surface area contributed by atoms with Crippen molar-refractivity contribution < 1.29 is 9.53 Å². The summed E-state index contributed by atoms with van der Waals surface area (Å²) in [5.41, 5.74) is 6.80. The van der Waals surface area contributed by atoms with Crippen LogP contribution in [0.1, 0.15) is 18.5 Å². The Morgan fingerprint density at radius 2 is 2.06 bits per heavy atom. The molecular formula is C13H20N2O2. The maximum absolute atomic E-state index is 12.1. The zero-order chi connectivity index (χ0) is 12.7. The first kappa shape index (κ1) is 13.7. The van der Waals surface area contributed by atoms with Crippen LogP contribution in [0.4, 0.5) is 0 Å². The van der Waals surface area contributed by atoms with E-state index >= 15 is 0 Å². The molecule has 0 aliphatic carbocycles. The van der Waals surface area contributed by atoms with Crippen molar-refractivity contribution in [1.82, 2.24) is 4.90 Å². The lowest BCUT2D eigenvalue weighted by Gasteiger charge is -2.24. The summed E-state index contributed by atoms with van der Waals surface area (Å²) >= 11 is 0. The summed E-state index contributed by atoms with van der Waals surface area (Å²) in [6, 6.07) is 8.82. The molecule has 94 valence electrons. The van der Waals surface area contributed by atoms with Crippen LogP contribution >= 0.6 is 0 Å². The Hall–Kier alpha value is -1.39. The monoisotopic (exact) mass is 236 g/mol. The van der Waals surface area contributed by atoms with E-state index in [1.54, 1.807) is 12.0 Å². The molecule has 0 saturated heterocycles. The van der Waals surface area contributed by atoms with Gasteiger partial charge in [0.05, 0.1) is 6.61 Å². The normalized spacial score (nSPS) is 12.2. The van der Waals surface area contributed by atoms with Crippen LogP contribution in [0.15, 0.2) is 30.3 Å². The van der Waals surface area contributed by atoms with E-state index in [1.165, 1.54) is 0 Å². The number of carbonyl (C=O) groups excluding carboxylic acids is 1. The minimum Gasteiger partial charge on any atom is -0.383 e. The van der Waals surface area contributed by atoms with Crippen LogP contribution < -0.4 is 5.73 Å². The van der Waals surface area contributed by atoms with Gasteiger partial charge < -0.3 is 15.4 Å². The number of amides is 1. The molecule has 0 aromatic heterocycles. The van der Waals surface area contributed by atoms with E-state index in [1.807, 2.05) is 37.3 Å². The quantitative estimate of drug-likeness (QED) is 0.807. The minimum atomic E-state index is -0.590. The number of carbonyl (C=O) groups is 1. The third-order valence-electron chi connectivity index (χ3n) is 2.68. The molecule has 0 saturated carbocycles. The van der Waals surface area contributed by atoms with Gasteiger partial charge in [0, 0.05) is 20.2 Å². The Labute approximate surface area is 102 Å². The zero-order valence-corrected chi connectivity index (χ0v) is 10.4. The SMILES string of the molecule is CCN(CCOC)C(=O)C(N)c1ccccc1. The molecule has 0 heterocycles. The number of hydrogen-bond donors (Lipinski definition) is 1. The van der Waals surface area contributed by atoms with Gasteiger partial charge in [0.2, 0.25) is 5.91 Å². The molecule has 1 amide bonds. The van der Waals surface area contributed by atoms with Gasteiger partial charge in [-0.2, -0.15) is 0 Å². The van der Waals surface area contributed by atoms with Crippen molar-refractivity contribution >= 4 is 5.91 Å². The van der Waals surface area contributed by atoms with E-state index in [-0.39, 0.29) is 5.91 Å². The fraction of sp³-hybridized carbons (Fsp3) is 0.462. The second-order valence-corrected chi connectivity index (χ2v) is 3.80. The molecule has 0 aliphatic rings. The summed E-state index contributed by atoms with van der Waals surface area (Å²) in [6.45, 7) is 3.68. The maximum Gasteiger partial charge on any atom is 0.244 e. The first-order chi connectivity index (χ1) is 8.20. The van der Waals surface area contributed by atoms with Crippen molar-refractivity contribution in [3.63, 3.8) is 0 Å². The smallest absolute Gasteiger partial charge is 0.244 e. The van der Waals surface area contributed by atoms with Gasteiger partial charge in [-0.3, -0.25) is 4.79 Å². The van der Waals surface area contributed by atoms with Crippen LogP contribution in [0.25, 0.3) is 0 Å². The fourth-order valence-corrected chi connectivity index (χ4v) is 1.63. The van der Waals surface area contributed by atoms with E-state index in [0.29, 0.717) is 19.7 Å². The van der Waals surface area contributed by atoms with Crippen LogP contribution in [0.5, 0.6) is 0 Å². The Kier molecular flexibility index (Phi) is 5.66. The van der Waals surface area contributed by atoms with Crippen molar-refractivity contribution in [3.8, 4) is 0 Å². The van der Waals surface area contributed by atoms with E-state index in [2.05, 4.69) is 0 Å². The number of rotatable bonds is 6. The Morgan fingerprint density at radius 3 is 2.59 bits per heavy atom. The molecule has 1 atom stereocenters. The highest BCUT2D eigenvalue weighted by molar-refractivity contribution is 5.83. The van der Waals surface area contributed by atoms with Gasteiger partial charge in [-0.15, -0.1) is 0 Å². The molecule has 4 nitrogen and oxygen atoms in total. The van der Waals surface area contributed by atoms with Gasteiger partial charge in [0.25, 0.3) is 0 Å². The van der Waals surface area contributed by atoms with Gasteiger partial charge in [0.1, 0.15) is 6.04 Å². The zero-order valence-electron chi connectivity index (χ0n) is 10.4. The number of benzene rings is 1. The largest absolute Gasteiger partial charge is 0.383 e. The van der Waals surface area contributed by atoms with Crippen molar-refractivity contribution in [1.29, 1.82) is 0 Å². The predicted molar refractivity (Wildman–Crippen MR) is 67.5 cm³/mol. The molecule has 0 fully saturated rings. The Morgan fingerprint density at radius 1 is 1.41 bits per heavy atom. The van der Waals surface area contributed by atoms with Crippen molar-refractivity contribution in [2.24, 2.45) is 5.73 Å². The highest BCUT2D eigenvalue weighted by Crippen LogP contribution is 2.12. The van der Waals surface area contributed by atoms with Gasteiger partial charge in [0.15, 0.2) is 0 Å². The summed E-state index contributed by atoms with van der Waals surface area (Å²) in [5, 5.41) is 0. The van der Waals surface area contributed by atoms with E-state index in [9.17, 15) is 4.79 Å². The van der Waals surface area contributed by atoms with E-state index in [0.717, 1.165) is 5.56 Å². The van der Waals surface area contributed by atoms with E-state index < -0.39 is 6.04 Å². The lowest BCUT2D eigenvalue weighted by Crippen LogP contribution is -2.40. The number of hydrogen-bond acceptors (Lipinski definition) is 3. The Bertz CT molecular complexity index is 341. The average molecular weight is 236 g/mol. The molecule has 0 aliphatic heterocycles. The van der Waals surface area contributed by atoms with Crippen LogP contribution in [0.3, 0.4) is 0 Å². The maximum atomic E-state index is 12.1. The second-order valence-electron chi connectivity index (χ2n) is 3.80. The van der Waals surface area contributed by atoms with Crippen molar-refractivity contribution in [2.75, 3.05) is 26.8 Å². The lowest BCUT2D eigenvalue weighted by molar-refractivity contribution is -0.133. The average Bonchev–Trinajstić information content (AvgIpc) is 2.39. The summed E-state index contributed by atoms with van der Waals surface area (Å²) in [4.78, 5) is 13.8. The first-order valence-electron chi connectivity index (χ1n) is 5.79. The van der Waals surface area contributed by atoms with Gasteiger partial charge in [-0.1, -0.05) is 30.3 Å². The van der Waals surface area contributed by atoms with Crippen molar-refractivity contribution in [3.05, 3.63) is 35.9 Å². The predicted octanol–water partition coefficient (Wildman–Crippen LogP) is 1.18. The summed E-state index contributed by atoms with van der Waals surface area (Å²) in [7, 11) is 1.62. The summed E-state index contributed by atoms with van der Waals surface area (Å²) in [5.74, 6) is -0.0595. The molecule has 2 N–H and O–H groups in total. The number of nitrogens with zero attached hydrogens (tertiary/aromatic N) is 1. The van der Waals surface area contributed by atoms with Crippen LogP contribution in [0.2, 0.25) is 0 Å². The standard InChI is InChI=1S/C13H20N2O2/c1-3-15(9-10-17-2)13(16)12(14)11-7-5-4-6-8-11/h4-8,12H,3,9-10,14H2,1-2H3. The van der Waals surface area contributed by atoms with Gasteiger partial charge >= 0.3 is 0 Å². The molecular weight excluding hydrogens is 216 g/mol. The van der Waals surface area contributed by atoms with Gasteiger partial charge in [-0.25, -0.2) is 0 Å². The Balaban J connectivity index is 2.67. The second kappa shape index (κ2) is 7.04. The minimum absolute atomic E-state index is 0.0595. The van der Waals surface area contributed by atoms with Crippen LogP contribution in [-0.4, -0.2) is 37.6 Å². The highest BCUT2D eigenvalue weighted by Gasteiger charge is 2.20. The molecule has 1 aromatic carbocycles. The molecule has 0 bridgehead atoms. The fourth-order valence-electron chi connectivity index (χ4n) is 1.63. The summed E-state index contributed by atoms with van der Waals surface area (Å²) < 4.78 is 4.98. The number of likely N-dealkylation sites (N-methyl/N-ethyl adjacent to an activating group) is 1. The number of nitrogens with two attached hydrogens (primary N) is 1. The number of ether oxygens (including phenoxy) is 1. The molecule has 4 heteroatoms. The third kappa shape index (κ3) is 3.84. The van der Waals surface area contributed by atoms with Crippen LogP contribution in [-0.2, 0) is 9.53 Å². The van der Waals surface area contributed by atoms with Crippen LogP contribution in [0, 0.1) is 0 Å². The molecule has 0 radical (unpaired) electrons. The topological polar surface area (TPSA) is 55.6 Å².